The van der Waals surface area contributed by atoms with E-state index in [9.17, 15) is 4.79 Å². The lowest BCUT2D eigenvalue weighted by Gasteiger charge is -2.06. The Hall–Kier alpha value is -0.520. The molecule has 17 heavy (non-hydrogen) atoms. The summed E-state index contributed by atoms with van der Waals surface area (Å²) in [5, 5.41) is 9.05. The molecule has 0 saturated heterocycles. The van der Waals surface area contributed by atoms with Crippen LogP contribution in [0.15, 0.2) is 27.6 Å². The average molecular weight is 319 g/mol. The number of carbonyl (C=O) groups is 1. The van der Waals surface area contributed by atoms with Crippen molar-refractivity contribution in [1.29, 1.82) is 0 Å². The highest BCUT2D eigenvalue weighted by Crippen LogP contribution is 2.27. The third-order valence-electron chi connectivity index (χ3n) is 2.17. The second-order valence-corrected chi connectivity index (χ2v) is 5.55. The smallest absolute Gasteiger partial charge is 0.336 e. The molecule has 0 aliphatic rings. The molecule has 5 heteroatoms. The number of halogens is 1. The summed E-state index contributed by atoms with van der Waals surface area (Å²) in [5.74, 6) is 0.0250. The van der Waals surface area contributed by atoms with Gasteiger partial charge in [0.15, 0.2) is 0 Å². The van der Waals surface area contributed by atoms with Crippen LogP contribution in [0.1, 0.15) is 23.2 Å². The van der Waals surface area contributed by atoms with Gasteiger partial charge in [-0.05, 0) is 36.8 Å². The second-order valence-electron chi connectivity index (χ2n) is 3.49. The first-order valence-corrected chi connectivity index (χ1v) is 7.07. The van der Waals surface area contributed by atoms with Gasteiger partial charge in [0.05, 0.1) is 5.56 Å². The highest BCUT2D eigenvalue weighted by atomic mass is 79.9. The minimum absolute atomic E-state index is 0.366. The topological polar surface area (TPSA) is 46.5 Å². The third-order valence-corrected chi connectivity index (χ3v) is 3.81. The van der Waals surface area contributed by atoms with Crippen molar-refractivity contribution in [2.24, 2.45) is 0 Å². The molecule has 0 amide bonds. The molecule has 0 unspecified atom stereocenters. The van der Waals surface area contributed by atoms with Crippen LogP contribution in [-0.2, 0) is 4.74 Å². The molecule has 0 fully saturated rings. The van der Waals surface area contributed by atoms with Crippen LogP contribution in [-0.4, -0.2) is 30.5 Å². The lowest BCUT2D eigenvalue weighted by atomic mass is 10.2. The molecule has 1 N–H and O–H groups in total. The molecular weight excluding hydrogens is 304 g/mol. The maximum atomic E-state index is 11.0. The number of benzene rings is 1. The highest BCUT2D eigenvalue weighted by molar-refractivity contribution is 9.10. The zero-order chi connectivity index (χ0) is 12.7. The van der Waals surface area contributed by atoms with Crippen LogP contribution in [0.4, 0.5) is 0 Å². The average Bonchev–Trinajstić information content (AvgIpc) is 2.28. The van der Waals surface area contributed by atoms with E-state index in [4.69, 9.17) is 9.84 Å². The fourth-order valence-corrected chi connectivity index (χ4v) is 2.93. The van der Waals surface area contributed by atoms with Crippen LogP contribution in [0.2, 0.25) is 0 Å². The van der Waals surface area contributed by atoms with Gasteiger partial charge in [-0.2, -0.15) is 0 Å². The van der Waals surface area contributed by atoms with E-state index in [2.05, 4.69) is 15.9 Å². The van der Waals surface area contributed by atoms with Gasteiger partial charge in [0.25, 0.3) is 0 Å². The zero-order valence-electron chi connectivity index (χ0n) is 9.61. The Balaban J connectivity index is 2.56. The van der Waals surface area contributed by atoms with Crippen LogP contribution < -0.4 is 0 Å². The first kappa shape index (κ1) is 14.5. The van der Waals surface area contributed by atoms with E-state index < -0.39 is 5.97 Å². The van der Waals surface area contributed by atoms with E-state index in [0.29, 0.717) is 5.56 Å². The molecule has 0 spiro atoms. The Morgan fingerprint density at radius 1 is 1.47 bits per heavy atom. The van der Waals surface area contributed by atoms with Gasteiger partial charge >= 0.3 is 5.97 Å². The Kier molecular flexibility index (Phi) is 6.62. The summed E-state index contributed by atoms with van der Waals surface area (Å²) < 4.78 is 5.87. The van der Waals surface area contributed by atoms with E-state index in [1.807, 2.05) is 6.07 Å². The predicted molar refractivity (Wildman–Crippen MR) is 72.9 cm³/mol. The van der Waals surface area contributed by atoms with Crippen molar-refractivity contribution in [3.8, 4) is 0 Å². The van der Waals surface area contributed by atoms with Gasteiger partial charge in [-0.25, -0.2) is 4.79 Å². The van der Waals surface area contributed by atoms with Crippen molar-refractivity contribution in [2.75, 3.05) is 19.5 Å². The number of thioether (sulfide) groups is 1. The Bertz CT molecular complexity index is 382. The van der Waals surface area contributed by atoms with Gasteiger partial charge in [-0.15, -0.1) is 11.8 Å². The molecular formula is C12H15BrO3S. The molecule has 0 atom stereocenters. The Labute approximate surface area is 114 Å². The van der Waals surface area contributed by atoms with Gasteiger partial charge in [0.2, 0.25) is 0 Å². The molecule has 3 nitrogen and oxygen atoms in total. The second kappa shape index (κ2) is 7.74. The van der Waals surface area contributed by atoms with Gasteiger partial charge in [0, 0.05) is 23.1 Å². The van der Waals surface area contributed by atoms with Crippen molar-refractivity contribution >= 4 is 33.7 Å². The fourth-order valence-electron chi connectivity index (χ4n) is 1.32. The number of carboxylic acids is 1. The van der Waals surface area contributed by atoms with E-state index in [0.717, 1.165) is 34.6 Å². The SMILES string of the molecule is COCCCCSc1cc(Br)ccc1C(=O)O. The summed E-state index contributed by atoms with van der Waals surface area (Å²) in [6.07, 6.45) is 2.02. The summed E-state index contributed by atoms with van der Waals surface area (Å²) in [5.41, 5.74) is 0.366. The standard InChI is InChI=1S/C12H15BrO3S/c1-16-6-2-3-7-17-11-8-9(13)4-5-10(11)12(14)15/h4-5,8H,2-3,6-7H2,1H3,(H,14,15). The van der Waals surface area contributed by atoms with Crippen LogP contribution in [0, 0.1) is 0 Å². The molecule has 1 rings (SSSR count). The van der Waals surface area contributed by atoms with Crippen molar-refractivity contribution < 1.29 is 14.6 Å². The molecule has 1 aromatic rings. The number of rotatable bonds is 7. The number of carboxylic acid groups (broad SMARTS) is 1. The molecule has 94 valence electrons. The molecule has 0 radical (unpaired) electrons. The highest BCUT2D eigenvalue weighted by Gasteiger charge is 2.10. The molecule has 0 heterocycles. The Morgan fingerprint density at radius 2 is 2.24 bits per heavy atom. The summed E-state index contributed by atoms with van der Waals surface area (Å²) >= 11 is 4.93. The normalized spacial score (nSPS) is 10.5. The number of aromatic carboxylic acids is 1. The van der Waals surface area contributed by atoms with Crippen molar-refractivity contribution in [3.63, 3.8) is 0 Å². The number of methoxy groups -OCH3 is 1. The van der Waals surface area contributed by atoms with Gasteiger partial charge in [0.1, 0.15) is 0 Å². The Morgan fingerprint density at radius 3 is 2.88 bits per heavy atom. The van der Waals surface area contributed by atoms with Gasteiger partial charge < -0.3 is 9.84 Å². The summed E-state index contributed by atoms with van der Waals surface area (Å²) in [7, 11) is 1.68. The summed E-state index contributed by atoms with van der Waals surface area (Å²) in [6.45, 7) is 0.755. The van der Waals surface area contributed by atoms with E-state index >= 15 is 0 Å². The number of unbranched alkanes of at least 4 members (excludes halogenated alkanes) is 1. The fraction of sp³-hybridized carbons (Fsp3) is 0.417. The van der Waals surface area contributed by atoms with Crippen molar-refractivity contribution in [1.82, 2.24) is 0 Å². The molecule has 1 aromatic carbocycles. The van der Waals surface area contributed by atoms with Crippen LogP contribution in [0.5, 0.6) is 0 Å². The quantitative estimate of drug-likeness (QED) is 0.615. The minimum atomic E-state index is -0.878. The first-order chi connectivity index (χ1) is 8.15. The monoisotopic (exact) mass is 318 g/mol. The molecule has 0 bridgehead atoms. The molecule has 0 aliphatic carbocycles. The van der Waals surface area contributed by atoms with Crippen molar-refractivity contribution in [3.05, 3.63) is 28.2 Å². The lowest BCUT2D eigenvalue weighted by Crippen LogP contribution is -1.99. The first-order valence-electron chi connectivity index (χ1n) is 5.29. The van der Waals surface area contributed by atoms with E-state index in [1.165, 1.54) is 0 Å². The van der Waals surface area contributed by atoms with Crippen LogP contribution in [0.25, 0.3) is 0 Å². The molecule has 0 aliphatic heterocycles. The summed E-state index contributed by atoms with van der Waals surface area (Å²) in [4.78, 5) is 11.8. The van der Waals surface area contributed by atoms with Gasteiger partial charge in [-0.1, -0.05) is 15.9 Å². The predicted octanol–water partition coefficient (Wildman–Crippen LogP) is 3.67. The van der Waals surface area contributed by atoms with E-state index in [-0.39, 0.29) is 0 Å². The number of ether oxygens (including phenoxy) is 1. The lowest BCUT2D eigenvalue weighted by molar-refractivity contribution is 0.0693. The minimum Gasteiger partial charge on any atom is -0.478 e. The maximum Gasteiger partial charge on any atom is 0.336 e. The van der Waals surface area contributed by atoms with Crippen molar-refractivity contribution in [2.45, 2.75) is 17.7 Å². The van der Waals surface area contributed by atoms with Crippen LogP contribution in [0.3, 0.4) is 0 Å². The van der Waals surface area contributed by atoms with Gasteiger partial charge in [-0.3, -0.25) is 0 Å². The maximum absolute atomic E-state index is 11.0. The number of hydrogen-bond acceptors (Lipinski definition) is 3. The summed E-state index contributed by atoms with van der Waals surface area (Å²) in [6, 6.07) is 5.23. The van der Waals surface area contributed by atoms with Crippen LogP contribution >= 0.6 is 27.7 Å². The number of hydrogen-bond donors (Lipinski definition) is 1. The molecule has 0 saturated carbocycles. The van der Waals surface area contributed by atoms with E-state index in [1.54, 1.807) is 31.0 Å². The third kappa shape index (κ3) is 5.10. The zero-order valence-corrected chi connectivity index (χ0v) is 12.0. The molecule has 0 aromatic heterocycles. The largest absolute Gasteiger partial charge is 0.478 e.